The minimum atomic E-state index is -0.209. The second kappa shape index (κ2) is 5.98. The molecular formula is C11H20N2O3. The van der Waals surface area contributed by atoms with E-state index in [-0.39, 0.29) is 11.9 Å². The van der Waals surface area contributed by atoms with Crippen molar-refractivity contribution >= 4 is 5.97 Å². The van der Waals surface area contributed by atoms with E-state index in [9.17, 15) is 4.79 Å². The van der Waals surface area contributed by atoms with E-state index in [1.165, 1.54) is 0 Å². The molecule has 0 saturated carbocycles. The van der Waals surface area contributed by atoms with E-state index in [2.05, 4.69) is 5.59 Å². The lowest BCUT2D eigenvalue weighted by molar-refractivity contribution is -0.143. The molecule has 1 rings (SSSR count). The van der Waals surface area contributed by atoms with E-state index in [4.69, 9.17) is 9.94 Å². The Morgan fingerprint density at radius 3 is 2.81 bits per heavy atom. The quantitative estimate of drug-likeness (QED) is 0.435. The van der Waals surface area contributed by atoms with Gasteiger partial charge in [0.15, 0.2) is 0 Å². The van der Waals surface area contributed by atoms with Gasteiger partial charge in [0.05, 0.1) is 5.92 Å². The highest BCUT2D eigenvalue weighted by Gasteiger charge is 2.18. The fourth-order valence-electron chi connectivity index (χ4n) is 1.59. The molecule has 1 saturated heterocycles. The third kappa shape index (κ3) is 3.59. The van der Waals surface area contributed by atoms with Crippen LogP contribution in [0.5, 0.6) is 0 Å². The SMILES string of the molecule is C/C(OC(=O)C(C)C)=C1\CCCN(NO)C1. The first kappa shape index (κ1) is 13.2. The van der Waals surface area contributed by atoms with Gasteiger partial charge in [0.25, 0.3) is 0 Å². The van der Waals surface area contributed by atoms with Crippen molar-refractivity contribution in [2.75, 3.05) is 13.1 Å². The zero-order valence-electron chi connectivity index (χ0n) is 10.1. The smallest absolute Gasteiger partial charge is 0.313 e. The number of piperidine rings is 1. The number of rotatable bonds is 3. The van der Waals surface area contributed by atoms with E-state index in [0.717, 1.165) is 25.0 Å². The lowest BCUT2D eigenvalue weighted by Gasteiger charge is -2.27. The normalized spacial score (nSPS) is 21.1. The summed E-state index contributed by atoms with van der Waals surface area (Å²) in [6.07, 6.45) is 1.86. The van der Waals surface area contributed by atoms with Crippen LogP contribution in [0, 0.1) is 5.92 Å². The van der Waals surface area contributed by atoms with Gasteiger partial charge in [-0.05, 0) is 25.3 Å². The average molecular weight is 228 g/mol. The van der Waals surface area contributed by atoms with Crippen LogP contribution in [-0.2, 0) is 9.53 Å². The summed E-state index contributed by atoms with van der Waals surface area (Å²) in [5, 5.41) is 10.5. The van der Waals surface area contributed by atoms with Gasteiger partial charge in [-0.2, -0.15) is 0 Å². The van der Waals surface area contributed by atoms with Crippen molar-refractivity contribution in [3.63, 3.8) is 0 Å². The molecule has 5 nitrogen and oxygen atoms in total. The number of carbonyl (C=O) groups excluding carboxylic acids is 1. The number of esters is 1. The van der Waals surface area contributed by atoms with Crippen molar-refractivity contribution in [3.8, 4) is 0 Å². The van der Waals surface area contributed by atoms with Crippen molar-refractivity contribution in [3.05, 3.63) is 11.3 Å². The summed E-state index contributed by atoms with van der Waals surface area (Å²) in [4.78, 5) is 11.4. The third-order valence-electron chi connectivity index (χ3n) is 2.65. The standard InChI is InChI=1S/C11H20N2O3/c1-8(2)11(14)16-9(3)10-5-4-6-13(7-10)12-15/h8,12,15H,4-7H2,1-3H3/b10-9-. The van der Waals surface area contributed by atoms with E-state index in [1.54, 1.807) is 11.9 Å². The second-order valence-corrected chi connectivity index (χ2v) is 4.36. The lowest BCUT2D eigenvalue weighted by Crippen LogP contribution is -2.40. The van der Waals surface area contributed by atoms with Gasteiger partial charge >= 0.3 is 5.97 Å². The van der Waals surface area contributed by atoms with E-state index in [0.29, 0.717) is 12.3 Å². The predicted octanol–water partition coefficient (Wildman–Crippen LogP) is 1.45. The van der Waals surface area contributed by atoms with Crippen molar-refractivity contribution in [1.29, 1.82) is 0 Å². The van der Waals surface area contributed by atoms with Gasteiger partial charge < -0.3 is 9.94 Å². The summed E-state index contributed by atoms with van der Waals surface area (Å²) in [6, 6.07) is 0. The molecule has 92 valence electrons. The first-order valence-electron chi connectivity index (χ1n) is 5.59. The van der Waals surface area contributed by atoms with E-state index in [1.807, 2.05) is 13.8 Å². The van der Waals surface area contributed by atoms with Gasteiger partial charge in [-0.25, -0.2) is 5.01 Å². The van der Waals surface area contributed by atoms with Crippen LogP contribution in [0.25, 0.3) is 0 Å². The number of hydrazine groups is 1. The zero-order chi connectivity index (χ0) is 12.1. The van der Waals surface area contributed by atoms with Gasteiger partial charge in [0.1, 0.15) is 5.76 Å². The number of carbonyl (C=O) groups is 1. The Morgan fingerprint density at radius 1 is 1.56 bits per heavy atom. The van der Waals surface area contributed by atoms with Crippen LogP contribution in [0.3, 0.4) is 0 Å². The number of nitrogens with zero attached hydrogens (tertiary/aromatic N) is 1. The summed E-state index contributed by atoms with van der Waals surface area (Å²) in [6.45, 7) is 6.81. The van der Waals surface area contributed by atoms with Crippen LogP contribution in [0.15, 0.2) is 11.3 Å². The van der Waals surface area contributed by atoms with Crippen molar-refractivity contribution in [2.24, 2.45) is 5.92 Å². The minimum absolute atomic E-state index is 0.119. The largest absolute Gasteiger partial charge is 0.431 e. The average Bonchev–Trinajstić information content (AvgIpc) is 2.28. The fourth-order valence-corrected chi connectivity index (χ4v) is 1.59. The molecule has 0 aliphatic carbocycles. The Hall–Kier alpha value is -0.910. The zero-order valence-corrected chi connectivity index (χ0v) is 10.1. The van der Waals surface area contributed by atoms with Gasteiger partial charge in [-0.3, -0.25) is 4.79 Å². The molecule has 0 aromatic heterocycles. The highest BCUT2D eigenvalue weighted by Crippen LogP contribution is 2.19. The minimum Gasteiger partial charge on any atom is -0.431 e. The Morgan fingerprint density at radius 2 is 2.25 bits per heavy atom. The molecular weight excluding hydrogens is 208 g/mol. The first-order valence-corrected chi connectivity index (χ1v) is 5.59. The van der Waals surface area contributed by atoms with Crippen LogP contribution in [0.1, 0.15) is 33.6 Å². The highest BCUT2D eigenvalue weighted by atomic mass is 16.5. The maximum absolute atomic E-state index is 11.4. The lowest BCUT2D eigenvalue weighted by atomic mass is 10.1. The molecule has 0 spiro atoms. The summed E-state index contributed by atoms with van der Waals surface area (Å²) in [5.41, 5.74) is 3.18. The summed E-state index contributed by atoms with van der Waals surface area (Å²) in [5.74, 6) is 0.337. The van der Waals surface area contributed by atoms with Crippen LogP contribution in [0.2, 0.25) is 0 Å². The first-order chi connectivity index (χ1) is 7.54. The van der Waals surface area contributed by atoms with Gasteiger partial charge in [-0.1, -0.05) is 13.8 Å². The molecule has 1 fully saturated rings. The molecule has 0 amide bonds. The van der Waals surface area contributed by atoms with Crippen molar-refractivity contribution < 1.29 is 14.7 Å². The molecule has 1 aliphatic rings. The molecule has 0 radical (unpaired) electrons. The molecule has 2 N–H and O–H groups in total. The predicted molar refractivity (Wildman–Crippen MR) is 59.4 cm³/mol. The molecule has 5 heteroatoms. The molecule has 1 heterocycles. The topological polar surface area (TPSA) is 61.8 Å². The number of nitrogens with one attached hydrogen (secondary N) is 1. The Labute approximate surface area is 96.0 Å². The van der Waals surface area contributed by atoms with Gasteiger partial charge in [-0.15, -0.1) is 5.59 Å². The molecule has 1 aliphatic heterocycles. The summed E-state index contributed by atoms with van der Waals surface area (Å²) in [7, 11) is 0. The summed E-state index contributed by atoms with van der Waals surface area (Å²) >= 11 is 0. The van der Waals surface area contributed by atoms with E-state index < -0.39 is 0 Å². The number of hydrogen-bond acceptors (Lipinski definition) is 5. The number of hydrogen-bond donors (Lipinski definition) is 2. The Bertz CT molecular complexity index is 287. The maximum atomic E-state index is 11.4. The molecule has 0 aromatic rings. The maximum Gasteiger partial charge on any atom is 0.313 e. The molecule has 16 heavy (non-hydrogen) atoms. The number of ether oxygens (including phenoxy) is 1. The highest BCUT2D eigenvalue weighted by molar-refractivity contribution is 5.72. The number of allylic oxidation sites excluding steroid dienone is 1. The van der Waals surface area contributed by atoms with Crippen molar-refractivity contribution in [1.82, 2.24) is 10.6 Å². The van der Waals surface area contributed by atoms with Gasteiger partial charge in [0, 0.05) is 13.1 Å². The summed E-state index contributed by atoms with van der Waals surface area (Å²) < 4.78 is 5.25. The molecule has 0 bridgehead atoms. The molecule has 0 atom stereocenters. The van der Waals surface area contributed by atoms with Crippen LogP contribution in [0.4, 0.5) is 0 Å². The van der Waals surface area contributed by atoms with Crippen molar-refractivity contribution in [2.45, 2.75) is 33.6 Å². The van der Waals surface area contributed by atoms with Crippen LogP contribution < -0.4 is 5.59 Å². The Balaban J connectivity index is 2.61. The Kier molecular flexibility index (Phi) is 4.92. The van der Waals surface area contributed by atoms with E-state index >= 15 is 0 Å². The molecule has 0 unspecified atom stereocenters. The van der Waals surface area contributed by atoms with Crippen LogP contribution in [-0.4, -0.2) is 29.3 Å². The van der Waals surface area contributed by atoms with Crippen LogP contribution >= 0.6 is 0 Å². The third-order valence-corrected chi connectivity index (χ3v) is 2.65. The fraction of sp³-hybridized carbons (Fsp3) is 0.727. The van der Waals surface area contributed by atoms with Gasteiger partial charge in [0.2, 0.25) is 0 Å². The second-order valence-electron chi connectivity index (χ2n) is 4.36. The molecule has 0 aromatic carbocycles. The monoisotopic (exact) mass is 228 g/mol.